The van der Waals surface area contributed by atoms with E-state index < -0.39 is 6.61 Å². The Labute approximate surface area is 262 Å². The minimum atomic E-state index is -0.431. The van der Waals surface area contributed by atoms with Crippen molar-refractivity contribution in [3.8, 4) is 17.3 Å². The number of fused-ring (bicyclic) bond motifs is 4. The van der Waals surface area contributed by atoms with Gasteiger partial charge in [-0.25, -0.2) is 4.98 Å². The molecule has 2 bridgehead atoms. The molecule has 8 rings (SSSR count). The summed E-state index contributed by atoms with van der Waals surface area (Å²) in [5, 5.41) is 10.5. The van der Waals surface area contributed by atoms with Gasteiger partial charge in [0.1, 0.15) is 17.9 Å². The van der Waals surface area contributed by atoms with E-state index in [0.717, 1.165) is 61.3 Å². The maximum absolute atomic E-state index is 13.8. The third-order valence-electron chi connectivity index (χ3n) is 11.1. The Hall–Kier alpha value is -3.89. The van der Waals surface area contributed by atoms with Gasteiger partial charge in [0.15, 0.2) is 5.82 Å². The van der Waals surface area contributed by atoms with Gasteiger partial charge >= 0.3 is 0 Å². The fraction of sp³-hybridized carbons (Fsp3) is 0.514. The second kappa shape index (κ2) is 10.9. The Morgan fingerprint density at radius 2 is 1.84 bits per heavy atom. The quantitative estimate of drug-likeness (QED) is 0.328. The van der Waals surface area contributed by atoms with Gasteiger partial charge in [-0.3, -0.25) is 9.59 Å². The molecule has 4 fully saturated rings. The summed E-state index contributed by atoms with van der Waals surface area (Å²) < 4.78 is 10.5. The van der Waals surface area contributed by atoms with Crippen LogP contribution >= 0.6 is 0 Å². The maximum atomic E-state index is 13.8. The molecule has 2 aromatic carbocycles. The number of rotatable bonds is 7. The molecule has 0 spiro atoms. The van der Waals surface area contributed by atoms with Gasteiger partial charge in [0.05, 0.1) is 23.8 Å². The summed E-state index contributed by atoms with van der Waals surface area (Å²) in [4.78, 5) is 34.8. The third-order valence-corrected chi connectivity index (χ3v) is 11.1. The number of ether oxygens (including phenoxy) is 1. The second-order valence-electron chi connectivity index (χ2n) is 13.7. The molecule has 236 valence electrons. The van der Waals surface area contributed by atoms with Crippen molar-refractivity contribution in [2.45, 2.75) is 63.1 Å². The van der Waals surface area contributed by atoms with Crippen LogP contribution < -0.4 is 10.5 Å². The molecule has 2 amide bonds. The molecule has 4 aromatic rings. The normalized spacial score (nSPS) is 23.5. The van der Waals surface area contributed by atoms with Crippen molar-refractivity contribution >= 4 is 33.8 Å². The van der Waals surface area contributed by atoms with E-state index in [1.165, 1.54) is 29.3 Å². The Morgan fingerprint density at radius 1 is 1.04 bits per heavy atom. The molecule has 3 atom stereocenters. The average molecular weight is 611 g/mol. The first-order valence-corrected chi connectivity index (χ1v) is 16.5. The number of amides is 2. The molecule has 4 aliphatic rings. The molecule has 2 aliphatic carbocycles. The number of carbonyl (C=O) groups excluding carboxylic acids is 2. The van der Waals surface area contributed by atoms with E-state index in [-0.39, 0.29) is 23.9 Å². The van der Waals surface area contributed by atoms with Gasteiger partial charge in [0.25, 0.3) is 5.91 Å². The molecule has 10 heteroatoms. The first-order valence-electron chi connectivity index (χ1n) is 16.5. The van der Waals surface area contributed by atoms with Crippen LogP contribution in [0.25, 0.3) is 33.5 Å². The molecule has 2 aliphatic heterocycles. The molecule has 2 saturated carbocycles. The van der Waals surface area contributed by atoms with Crippen LogP contribution in [-0.4, -0.2) is 86.3 Å². The van der Waals surface area contributed by atoms with Crippen LogP contribution in [0.15, 0.2) is 36.4 Å². The fourth-order valence-corrected chi connectivity index (χ4v) is 8.42. The zero-order chi connectivity index (χ0) is 31.0. The number of hydrogen-bond donors (Lipinski definition) is 2. The highest BCUT2D eigenvalue weighted by Crippen LogP contribution is 2.42. The zero-order valence-electron chi connectivity index (χ0n) is 26.1. The lowest BCUT2D eigenvalue weighted by molar-refractivity contribution is -0.135. The van der Waals surface area contributed by atoms with E-state index in [9.17, 15) is 14.7 Å². The summed E-state index contributed by atoms with van der Waals surface area (Å²) in [7, 11) is 3.68. The van der Waals surface area contributed by atoms with Crippen LogP contribution in [0, 0.1) is 11.8 Å². The number of aliphatic hydroxyl groups excluding tert-OH is 1. The number of piperidine rings is 2. The van der Waals surface area contributed by atoms with E-state index in [1.54, 1.807) is 12.0 Å². The number of aliphatic hydroxyl groups is 1. The number of aromatic nitrogens is 3. The van der Waals surface area contributed by atoms with E-state index in [2.05, 4.69) is 33.4 Å². The van der Waals surface area contributed by atoms with Crippen LogP contribution in [0.2, 0.25) is 0 Å². The van der Waals surface area contributed by atoms with Crippen LogP contribution in [-0.2, 0) is 18.4 Å². The van der Waals surface area contributed by atoms with Gasteiger partial charge in [-0.15, -0.1) is 0 Å². The number of hydrogen-bond acceptors (Lipinski definition) is 6. The molecular weight excluding hydrogens is 568 g/mol. The molecule has 10 nitrogen and oxygen atoms in total. The summed E-state index contributed by atoms with van der Waals surface area (Å²) in [6, 6.07) is 12.8. The van der Waals surface area contributed by atoms with Crippen molar-refractivity contribution in [1.29, 1.82) is 0 Å². The molecule has 4 heterocycles. The fourth-order valence-electron chi connectivity index (χ4n) is 8.42. The summed E-state index contributed by atoms with van der Waals surface area (Å²) in [5.41, 5.74) is 12.3. The summed E-state index contributed by atoms with van der Waals surface area (Å²) >= 11 is 0. The standard InChI is InChI=1S/C35H42N6O4/c1-38-33-26(14-24(16-29(33)45-2)35(44)41-18-23-8-9-27(41)31(23)36)37-34(38)28-15-22-4-3-5-25(32(22)40(28)17-20-6-7-20)21-10-12-39(13-11-21)30(43)19-42/h3-5,14-16,20-21,23,27,31,42H,6-13,17-19,36H2,1-2H3/t23-,27-,31-/m1/s1. The highest BCUT2D eigenvalue weighted by molar-refractivity contribution is 6.00. The highest BCUT2D eigenvalue weighted by atomic mass is 16.5. The highest BCUT2D eigenvalue weighted by Gasteiger charge is 2.47. The SMILES string of the molecule is COc1cc(C(=O)N2C[C@H]3CC[C@@H]2[C@@H]3N)cc2nc(-c3cc4cccc(C5CCN(C(=O)CO)CC5)c4n3CC3CC3)n(C)c12. The third kappa shape index (κ3) is 4.63. The van der Waals surface area contributed by atoms with Crippen molar-refractivity contribution < 1.29 is 19.4 Å². The monoisotopic (exact) mass is 610 g/mol. The smallest absolute Gasteiger partial charge is 0.254 e. The van der Waals surface area contributed by atoms with Gasteiger partial charge in [-0.05, 0) is 80.0 Å². The zero-order valence-corrected chi connectivity index (χ0v) is 26.1. The summed E-state index contributed by atoms with van der Waals surface area (Å²) in [5.74, 6) is 2.67. The minimum Gasteiger partial charge on any atom is -0.494 e. The van der Waals surface area contributed by atoms with Gasteiger partial charge < -0.3 is 34.5 Å². The average Bonchev–Trinajstić information content (AvgIpc) is 3.45. The molecule has 45 heavy (non-hydrogen) atoms. The molecular formula is C35H42N6O4. The van der Waals surface area contributed by atoms with Crippen LogP contribution in [0.5, 0.6) is 5.75 Å². The van der Waals surface area contributed by atoms with E-state index in [0.29, 0.717) is 42.2 Å². The van der Waals surface area contributed by atoms with Gasteiger partial charge in [0.2, 0.25) is 5.91 Å². The topological polar surface area (TPSA) is 119 Å². The van der Waals surface area contributed by atoms with Crippen molar-refractivity contribution in [2.75, 3.05) is 33.4 Å². The summed E-state index contributed by atoms with van der Waals surface area (Å²) in [6.07, 6.45) is 6.27. The van der Waals surface area contributed by atoms with E-state index in [4.69, 9.17) is 15.5 Å². The summed E-state index contributed by atoms with van der Waals surface area (Å²) in [6.45, 7) is 2.54. The van der Waals surface area contributed by atoms with E-state index >= 15 is 0 Å². The predicted octanol–water partition coefficient (Wildman–Crippen LogP) is 3.87. The van der Waals surface area contributed by atoms with Crippen LogP contribution in [0.1, 0.15) is 60.4 Å². The Kier molecular flexibility index (Phi) is 6.91. The number of imidazole rings is 1. The Balaban J connectivity index is 1.20. The largest absolute Gasteiger partial charge is 0.494 e. The predicted molar refractivity (Wildman–Crippen MR) is 172 cm³/mol. The van der Waals surface area contributed by atoms with Crippen molar-refractivity contribution in [1.82, 2.24) is 23.9 Å². The number of likely N-dealkylation sites (tertiary alicyclic amines) is 2. The van der Waals surface area contributed by atoms with Gasteiger partial charge in [0, 0.05) is 56.3 Å². The number of nitrogens with two attached hydrogens (primary N) is 1. The second-order valence-corrected chi connectivity index (χ2v) is 13.7. The Morgan fingerprint density at radius 3 is 2.51 bits per heavy atom. The molecule has 2 saturated heterocycles. The minimum absolute atomic E-state index is 0.00396. The lowest BCUT2D eigenvalue weighted by Gasteiger charge is -2.32. The first kappa shape index (κ1) is 28.6. The van der Waals surface area contributed by atoms with Crippen molar-refractivity contribution in [3.05, 3.63) is 47.5 Å². The van der Waals surface area contributed by atoms with Crippen LogP contribution in [0.4, 0.5) is 0 Å². The molecule has 2 aromatic heterocycles. The number of carbonyl (C=O) groups is 2. The number of aryl methyl sites for hydroxylation is 1. The lowest BCUT2D eigenvalue weighted by atomic mass is 9.88. The lowest BCUT2D eigenvalue weighted by Crippen LogP contribution is -2.41. The molecule has 3 N–H and O–H groups in total. The first-order chi connectivity index (χ1) is 21.9. The van der Waals surface area contributed by atoms with Crippen molar-refractivity contribution in [2.24, 2.45) is 24.6 Å². The maximum Gasteiger partial charge on any atom is 0.254 e. The number of para-hydroxylation sites is 1. The number of nitrogens with zero attached hydrogens (tertiary/aromatic N) is 5. The number of benzene rings is 2. The van der Waals surface area contributed by atoms with Crippen molar-refractivity contribution in [3.63, 3.8) is 0 Å². The van der Waals surface area contributed by atoms with E-state index in [1.807, 2.05) is 24.1 Å². The Bertz CT molecular complexity index is 1810. The van der Waals surface area contributed by atoms with Gasteiger partial charge in [-0.2, -0.15) is 0 Å². The van der Waals surface area contributed by atoms with Crippen LogP contribution in [0.3, 0.4) is 0 Å². The molecule has 0 unspecified atom stereocenters. The number of methoxy groups -OCH3 is 1. The molecule has 0 radical (unpaired) electrons. The van der Waals surface area contributed by atoms with Gasteiger partial charge in [-0.1, -0.05) is 18.2 Å².